The normalized spacial score (nSPS) is 50.6. The van der Waals surface area contributed by atoms with Crippen LogP contribution >= 0.6 is 0 Å². The van der Waals surface area contributed by atoms with Crippen molar-refractivity contribution in [1.82, 2.24) is 0 Å². The number of hydrogen-bond acceptors (Lipinski definition) is 3. The van der Waals surface area contributed by atoms with E-state index in [1.54, 1.807) is 0 Å². The number of carbonyl (C=O) groups is 1. The number of fused-ring (bicyclic) bond motifs is 5. The lowest BCUT2D eigenvalue weighted by Gasteiger charge is -2.54. The molecule has 3 N–H and O–H groups in total. The smallest absolute Gasteiger partial charge is 0.162 e. The predicted octanol–water partition coefficient (Wildman–Crippen LogP) is 2.74. The van der Waals surface area contributed by atoms with Crippen LogP contribution in [0.1, 0.15) is 52.4 Å². The number of hydrogen-bond donors (Lipinski definition) is 2. The highest BCUT2D eigenvalue weighted by Gasteiger charge is 2.58. The van der Waals surface area contributed by atoms with E-state index in [0.29, 0.717) is 18.4 Å². The van der Waals surface area contributed by atoms with E-state index in [1.165, 1.54) is 11.1 Å². The summed E-state index contributed by atoms with van der Waals surface area (Å²) in [4.78, 5) is 12.1. The van der Waals surface area contributed by atoms with Gasteiger partial charge in [0.15, 0.2) is 5.78 Å². The fraction of sp³-hybridized carbons (Fsp3) is 0.737. The fourth-order valence-electron chi connectivity index (χ4n) is 5.81. The molecule has 0 bridgehead atoms. The molecule has 0 aromatic carbocycles. The molecule has 0 heterocycles. The first-order chi connectivity index (χ1) is 10.4. The molecule has 4 aliphatic carbocycles. The average molecular weight is 301 g/mol. The van der Waals surface area contributed by atoms with Crippen molar-refractivity contribution in [3.05, 3.63) is 23.3 Å². The standard InChI is InChI=1S/C19H27NO2/c1-18-7-5-12(20)9-11(18)3-4-13-14(18)6-8-19(2)15(13)10-16(21)17(19)22/h3-4,12,14-15,17,22H,5-10,20H2,1-2H3/t12-,14-,15-,17-,18-,19-/m0/s1. The molecule has 0 unspecified atom stereocenters. The molecule has 120 valence electrons. The molecule has 0 aromatic rings. The van der Waals surface area contributed by atoms with E-state index in [9.17, 15) is 9.90 Å². The molecule has 3 heteroatoms. The largest absolute Gasteiger partial charge is 0.385 e. The lowest BCUT2D eigenvalue weighted by Crippen LogP contribution is -2.47. The van der Waals surface area contributed by atoms with E-state index < -0.39 is 6.10 Å². The number of aliphatic hydroxyl groups is 1. The van der Waals surface area contributed by atoms with Crippen LogP contribution in [0.4, 0.5) is 0 Å². The van der Waals surface area contributed by atoms with Gasteiger partial charge in [-0.05, 0) is 49.4 Å². The molecule has 4 aliphatic rings. The summed E-state index contributed by atoms with van der Waals surface area (Å²) in [5, 5.41) is 10.4. The SMILES string of the molecule is C[C@]12CC[C@H]3C(=CC=C4C[C@@H](N)CC[C@@]43C)[C@@H]1CC(=O)[C@@H]2O. The molecule has 0 spiro atoms. The van der Waals surface area contributed by atoms with Crippen LogP contribution in [-0.4, -0.2) is 23.0 Å². The van der Waals surface area contributed by atoms with Gasteiger partial charge in [-0.25, -0.2) is 0 Å². The number of ketones is 1. The number of carbonyl (C=O) groups excluding carboxylic acids is 1. The second-order valence-corrected chi connectivity index (χ2v) is 8.50. The fourth-order valence-corrected chi connectivity index (χ4v) is 5.81. The van der Waals surface area contributed by atoms with E-state index in [0.717, 1.165) is 32.1 Å². The Morgan fingerprint density at radius 2 is 1.91 bits per heavy atom. The Kier molecular flexibility index (Phi) is 3.03. The molecule has 6 atom stereocenters. The lowest BCUT2D eigenvalue weighted by atomic mass is 9.51. The Morgan fingerprint density at radius 1 is 1.14 bits per heavy atom. The summed E-state index contributed by atoms with van der Waals surface area (Å²) >= 11 is 0. The summed E-state index contributed by atoms with van der Waals surface area (Å²) in [5.41, 5.74) is 9.09. The maximum absolute atomic E-state index is 12.1. The van der Waals surface area contributed by atoms with Crippen LogP contribution in [0.5, 0.6) is 0 Å². The summed E-state index contributed by atoms with van der Waals surface area (Å²) in [6.45, 7) is 4.51. The number of Topliss-reactive ketones (excluding diaryl/α,β-unsaturated/α-hetero) is 1. The van der Waals surface area contributed by atoms with Gasteiger partial charge in [0, 0.05) is 17.9 Å². The van der Waals surface area contributed by atoms with E-state index in [1.807, 2.05) is 0 Å². The van der Waals surface area contributed by atoms with Gasteiger partial charge in [0.05, 0.1) is 0 Å². The Morgan fingerprint density at radius 3 is 2.68 bits per heavy atom. The lowest BCUT2D eigenvalue weighted by molar-refractivity contribution is -0.127. The Balaban J connectivity index is 1.76. The zero-order valence-electron chi connectivity index (χ0n) is 13.6. The van der Waals surface area contributed by atoms with Gasteiger partial charge in [-0.3, -0.25) is 4.79 Å². The van der Waals surface area contributed by atoms with Crippen LogP contribution in [0.3, 0.4) is 0 Å². The second kappa shape index (κ2) is 4.55. The van der Waals surface area contributed by atoms with Crippen molar-refractivity contribution in [2.75, 3.05) is 0 Å². The van der Waals surface area contributed by atoms with Gasteiger partial charge in [-0.15, -0.1) is 0 Å². The third kappa shape index (κ3) is 1.73. The van der Waals surface area contributed by atoms with Crippen LogP contribution in [0.25, 0.3) is 0 Å². The highest BCUT2D eigenvalue weighted by Crippen LogP contribution is 2.62. The van der Waals surface area contributed by atoms with Gasteiger partial charge >= 0.3 is 0 Å². The minimum atomic E-state index is -0.766. The van der Waals surface area contributed by atoms with Crippen molar-refractivity contribution in [2.45, 2.75) is 64.5 Å². The molecule has 3 fully saturated rings. The van der Waals surface area contributed by atoms with E-state index >= 15 is 0 Å². The number of aliphatic hydroxyl groups excluding tert-OH is 1. The van der Waals surface area contributed by atoms with Crippen LogP contribution in [0, 0.1) is 22.7 Å². The Bertz CT molecular complexity index is 592. The minimum Gasteiger partial charge on any atom is -0.385 e. The zero-order chi connectivity index (χ0) is 15.7. The molecule has 4 rings (SSSR count). The van der Waals surface area contributed by atoms with Crippen molar-refractivity contribution in [1.29, 1.82) is 0 Å². The van der Waals surface area contributed by atoms with Crippen molar-refractivity contribution in [2.24, 2.45) is 28.4 Å². The molecule has 3 nitrogen and oxygen atoms in total. The topological polar surface area (TPSA) is 63.3 Å². The molecule has 0 aliphatic heterocycles. The molecule has 22 heavy (non-hydrogen) atoms. The third-order valence-electron chi connectivity index (χ3n) is 7.40. The summed E-state index contributed by atoms with van der Waals surface area (Å²) in [6.07, 6.45) is 9.63. The van der Waals surface area contributed by atoms with Crippen molar-refractivity contribution < 1.29 is 9.90 Å². The zero-order valence-corrected chi connectivity index (χ0v) is 13.6. The molecule has 0 radical (unpaired) electrons. The first-order valence-corrected chi connectivity index (χ1v) is 8.74. The van der Waals surface area contributed by atoms with Gasteiger partial charge in [0.25, 0.3) is 0 Å². The quantitative estimate of drug-likeness (QED) is 0.723. The van der Waals surface area contributed by atoms with Gasteiger partial charge in [-0.2, -0.15) is 0 Å². The molecule has 0 amide bonds. The van der Waals surface area contributed by atoms with E-state index in [-0.39, 0.29) is 22.5 Å². The van der Waals surface area contributed by atoms with Crippen LogP contribution in [0.2, 0.25) is 0 Å². The first kappa shape index (κ1) is 14.6. The molecule has 0 saturated heterocycles. The van der Waals surface area contributed by atoms with Gasteiger partial charge in [0.2, 0.25) is 0 Å². The highest BCUT2D eigenvalue weighted by molar-refractivity contribution is 5.87. The maximum Gasteiger partial charge on any atom is 0.162 e. The Hall–Kier alpha value is -0.930. The van der Waals surface area contributed by atoms with Crippen molar-refractivity contribution in [3.8, 4) is 0 Å². The van der Waals surface area contributed by atoms with Gasteiger partial charge < -0.3 is 10.8 Å². The summed E-state index contributed by atoms with van der Waals surface area (Å²) in [7, 11) is 0. The third-order valence-corrected chi connectivity index (χ3v) is 7.40. The number of allylic oxidation sites excluding steroid dienone is 3. The predicted molar refractivity (Wildman–Crippen MR) is 86.1 cm³/mol. The summed E-state index contributed by atoms with van der Waals surface area (Å²) in [5.74, 6) is 0.815. The van der Waals surface area contributed by atoms with Crippen LogP contribution in [0.15, 0.2) is 23.3 Å². The maximum atomic E-state index is 12.1. The summed E-state index contributed by atoms with van der Waals surface area (Å²) in [6, 6.07) is 0.304. The minimum absolute atomic E-state index is 0.0413. The summed E-state index contributed by atoms with van der Waals surface area (Å²) < 4.78 is 0. The average Bonchev–Trinajstić information content (AvgIpc) is 2.72. The van der Waals surface area contributed by atoms with E-state index in [4.69, 9.17) is 5.73 Å². The van der Waals surface area contributed by atoms with Crippen LogP contribution in [-0.2, 0) is 4.79 Å². The second-order valence-electron chi connectivity index (χ2n) is 8.50. The van der Waals surface area contributed by atoms with Crippen molar-refractivity contribution in [3.63, 3.8) is 0 Å². The monoisotopic (exact) mass is 301 g/mol. The van der Waals surface area contributed by atoms with Crippen LogP contribution < -0.4 is 5.73 Å². The van der Waals surface area contributed by atoms with Gasteiger partial charge in [0.1, 0.15) is 6.10 Å². The van der Waals surface area contributed by atoms with Crippen molar-refractivity contribution >= 4 is 5.78 Å². The molecule has 3 saturated carbocycles. The molecule has 0 aromatic heterocycles. The molecular formula is C19H27NO2. The molecular weight excluding hydrogens is 274 g/mol. The van der Waals surface area contributed by atoms with E-state index in [2.05, 4.69) is 26.0 Å². The highest BCUT2D eigenvalue weighted by atomic mass is 16.3. The number of nitrogens with two attached hydrogens (primary N) is 1. The van der Waals surface area contributed by atoms with Gasteiger partial charge in [-0.1, -0.05) is 37.1 Å². The Labute approximate surface area is 132 Å². The number of rotatable bonds is 0. The first-order valence-electron chi connectivity index (χ1n) is 8.74.